The van der Waals surface area contributed by atoms with E-state index in [9.17, 15) is 4.21 Å². The Hall–Kier alpha value is 0.0700. The van der Waals surface area contributed by atoms with Gasteiger partial charge in [-0.3, -0.25) is 4.21 Å². The van der Waals surface area contributed by atoms with Gasteiger partial charge in [0, 0.05) is 34.9 Å². The Bertz CT molecular complexity index is 248. The first kappa shape index (κ1) is 15.1. The SMILES string of the molecule is CC(NCCC(C)S(C)=O)C1CCCN(C)C1. The molecule has 0 spiro atoms. The van der Waals surface area contributed by atoms with E-state index in [2.05, 4.69) is 31.1 Å². The molecule has 4 unspecified atom stereocenters. The lowest BCUT2D eigenvalue weighted by molar-refractivity contribution is 0.179. The minimum Gasteiger partial charge on any atom is -0.314 e. The highest BCUT2D eigenvalue weighted by Gasteiger charge is 2.22. The van der Waals surface area contributed by atoms with Crippen LogP contribution in [0, 0.1) is 5.92 Å². The number of hydrogen-bond acceptors (Lipinski definition) is 3. The highest BCUT2D eigenvalue weighted by molar-refractivity contribution is 7.84. The van der Waals surface area contributed by atoms with Crippen molar-refractivity contribution in [2.24, 2.45) is 5.92 Å². The van der Waals surface area contributed by atoms with Gasteiger partial charge in [0.15, 0.2) is 0 Å². The smallest absolute Gasteiger partial charge is 0.0329 e. The van der Waals surface area contributed by atoms with E-state index in [1.165, 1.54) is 25.9 Å². The van der Waals surface area contributed by atoms with E-state index in [0.29, 0.717) is 11.3 Å². The molecular weight excluding hydrogens is 232 g/mol. The Labute approximate surface area is 109 Å². The summed E-state index contributed by atoms with van der Waals surface area (Å²) in [5, 5.41) is 3.91. The van der Waals surface area contributed by atoms with Gasteiger partial charge in [-0.05, 0) is 52.2 Å². The second-order valence-electron chi connectivity index (χ2n) is 5.51. The van der Waals surface area contributed by atoms with Gasteiger partial charge < -0.3 is 10.2 Å². The molecule has 1 aliphatic heterocycles. The molecule has 0 saturated carbocycles. The third-order valence-corrected chi connectivity index (χ3v) is 5.32. The van der Waals surface area contributed by atoms with Crippen LogP contribution >= 0.6 is 0 Å². The fourth-order valence-corrected chi connectivity index (χ4v) is 2.91. The van der Waals surface area contributed by atoms with Crippen LogP contribution < -0.4 is 5.32 Å². The van der Waals surface area contributed by atoms with E-state index in [1.54, 1.807) is 6.26 Å². The molecule has 102 valence electrons. The molecule has 0 amide bonds. The molecule has 0 bridgehead atoms. The normalized spacial score (nSPS) is 27.6. The summed E-state index contributed by atoms with van der Waals surface area (Å²) in [6.45, 7) is 7.80. The summed E-state index contributed by atoms with van der Waals surface area (Å²) in [6, 6.07) is 0.579. The van der Waals surface area contributed by atoms with Crippen LogP contribution in [0.4, 0.5) is 0 Å². The highest BCUT2D eigenvalue weighted by Crippen LogP contribution is 2.18. The molecule has 1 aliphatic rings. The lowest BCUT2D eigenvalue weighted by Crippen LogP contribution is -2.43. The molecule has 1 rings (SSSR count). The maximum Gasteiger partial charge on any atom is 0.0329 e. The summed E-state index contributed by atoms with van der Waals surface area (Å²) in [4.78, 5) is 2.43. The molecule has 1 heterocycles. The maximum atomic E-state index is 11.2. The van der Waals surface area contributed by atoms with Crippen LogP contribution in [0.25, 0.3) is 0 Å². The van der Waals surface area contributed by atoms with Crippen molar-refractivity contribution in [3.05, 3.63) is 0 Å². The lowest BCUT2D eigenvalue weighted by Gasteiger charge is -2.34. The van der Waals surface area contributed by atoms with Gasteiger partial charge in [-0.15, -0.1) is 0 Å². The summed E-state index contributed by atoms with van der Waals surface area (Å²) < 4.78 is 11.2. The van der Waals surface area contributed by atoms with Crippen LogP contribution in [-0.4, -0.2) is 53.3 Å². The zero-order valence-corrected chi connectivity index (χ0v) is 12.6. The Morgan fingerprint density at radius 2 is 2.18 bits per heavy atom. The van der Waals surface area contributed by atoms with Crippen molar-refractivity contribution in [3.8, 4) is 0 Å². The Balaban J connectivity index is 2.20. The fraction of sp³-hybridized carbons (Fsp3) is 1.00. The molecule has 0 aliphatic carbocycles. The number of rotatable bonds is 6. The van der Waals surface area contributed by atoms with Crippen LogP contribution in [0.5, 0.6) is 0 Å². The monoisotopic (exact) mass is 260 g/mol. The van der Waals surface area contributed by atoms with Crippen LogP contribution in [0.2, 0.25) is 0 Å². The van der Waals surface area contributed by atoms with Crippen molar-refractivity contribution < 1.29 is 4.21 Å². The minimum absolute atomic E-state index is 0.309. The lowest BCUT2D eigenvalue weighted by atomic mass is 9.92. The predicted molar refractivity (Wildman–Crippen MR) is 75.8 cm³/mol. The molecule has 0 aromatic rings. The Kier molecular flexibility index (Phi) is 6.67. The molecule has 1 fully saturated rings. The standard InChI is InChI=1S/C13H28N2OS/c1-11(17(4)16)7-8-14-12(2)13-6-5-9-15(3)10-13/h11-14H,5-10H2,1-4H3. The number of nitrogens with zero attached hydrogens (tertiary/aromatic N) is 1. The summed E-state index contributed by atoms with van der Waals surface area (Å²) in [6.07, 6.45) is 5.47. The van der Waals surface area contributed by atoms with Gasteiger partial charge in [0.2, 0.25) is 0 Å². The van der Waals surface area contributed by atoms with E-state index in [-0.39, 0.29) is 0 Å². The summed E-state index contributed by atoms with van der Waals surface area (Å²) in [5.74, 6) is 0.774. The molecular formula is C13H28N2OS. The molecule has 17 heavy (non-hydrogen) atoms. The van der Waals surface area contributed by atoms with Crippen molar-refractivity contribution in [1.82, 2.24) is 10.2 Å². The number of piperidine rings is 1. The Morgan fingerprint density at radius 3 is 2.76 bits per heavy atom. The van der Waals surface area contributed by atoms with Crippen LogP contribution in [0.3, 0.4) is 0 Å². The van der Waals surface area contributed by atoms with Gasteiger partial charge >= 0.3 is 0 Å². The van der Waals surface area contributed by atoms with Crippen molar-refractivity contribution in [1.29, 1.82) is 0 Å². The number of nitrogens with one attached hydrogen (secondary N) is 1. The summed E-state index contributed by atoms with van der Waals surface area (Å²) >= 11 is 0. The van der Waals surface area contributed by atoms with Gasteiger partial charge in [0.05, 0.1) is 0 Å². The van der Waals surface area contributed by atoms with Crippen molar-refractivity contribution in [2.75, 3.05) is 32.9 Å². The van der Waals surface area contributed by atoms with Crippen LogP contribution in [0.15, 0.2) is 0 Å². The average Bonchev–Trinajstić information content (AvgIpc) is 2.28. The van der Waals surface area contributed by atoms with Gasteiger partial charge in [-0.25, -0.2) is 0 Å². The largest absolute Gasteiger partial charge is 0.314 e. The van der Waals surface area contributed by atoms with Crippen molar-refractivity contribution in [2.45, 2.75) is 44.4 Å². The second kappa shape index (κ2) is 7.49. The predicted octanol–water partition coefficient (Wildman–Crippen LogP) is 1.46. The van der Waals surface area contributed by atoms with Gasteiger partial charge in [0.1, 0.15) is 0 Å². The molecule has 0 aromatic carbocycles. The van der Waals surface area contributed by atoms with E-state index in [1.807, 2.05) is 0 Å². The number of likely N-dealkylation sites (tertiary alicyclic amines) is 1. The number of hydrogen-bond donors (Lipinski definition) is 1. The topological polar surface area (TPSA) is 32.3 Å². The van der Waals surface area contributed by atoms with E-state index < -0.39 is 10.8 Å². The Morgan fingerprint density at radius 1 is 1.47 bits per heavy atom. The average molecular weight is 260 g/mol. The van der Waals surface area contributed by atoms with Crippen molar-refractivity contribution in [3.63, 3.8) is 0 Å². The quantitative estimate of drug-likeness (QED) is 0.785. The summed E-state index contributed by atoms with van der Waals surface area (Å²) in [7, 11) is 1.53. The molecule has 4 heteroatoms. The fourth-order valence-electron chi connectivity index (χ4n) is 2.46. The van der Waals surface area contributed by atoms with Crippen LogP contribution in [-0.2, 0) is 10.8 Å². The first-order valence-corrected chi connectivity index (χ1v) is 8.37. The molecule has 1 N–H and O–H groups in total. The maximum absolute atomic E-state index is 11.2. The van der Waals surface area contributed by atoms with Gasteiger partial charge in [-0.2, -0.15) is 0 Å². The second-order valence-corrected chi connectivity index (χ2v) is 7.31. The van der Waals surface area contributed by atoms with Gasteiger partial charge in [-0.1, -0.05) is 6.92 Å². The molecule has 4 atom stereocenters. The van der Waals surface area contributed by atoms with E-state index >= 15 is 0 Å². The molecule has 0 radical (unpaired) electrons. The van der Waals surface area contributed by atoms with E-state index in [4.69, 9.17) is 0 Å². The van der Waals surface area contributed by atoms with Crippen molar-refractivity contribution >= 4 is 10.8 Å². The molecule has 1 saturated heterocycles. The first-order valence-electron chi connectivity index (χ1n) is 6.75. The molecule has 3 nitrogen and oxygen atoms in total. The van der Waals surface area contributed by atoms with Crippen LogP contribution in [0.1, 0.15) is 33.1 Å². The summed E-state index contributed by atoms with van der Waals surface area (Å²) in [5.41, 5.74) is 0. The third kappa shape index (κ3) is 5.49. The zero-order valence-electron chi connectivity index (χ0n) is 11.7. The van der Waals surface area contributed by atoms with E-state index in [0.717, 1.165) is 18.9 Å². The molecule has 0 aromatic heterocycles. The highest BCUT2D eigenvalue weighted by atomic mass is 32.2. The van der Waals surface area contributed by atoms with Gasteiger partial charge in [0.25, 0.3) is 0 Å². The third-order valence-electron chi connectivity index (χ3n) is 3.95. The zero-order chi connectivity index (χ0) is 12.8. The first-order chi connectivity index (χ1) is 8.00. The minimum atomic E-state index is -0.684.